The molecule has 0 unspecified atom stereocenters. The van der Waals surface area contributed by atoms with Crippen LogP contribution in [0.1, 0.15) is 43.0 Å². The van der Waals surface area contributed by atoms with E-state index in [1.165, 1.54) is 19.1 Å². The summed E-state index contributed by atoms with van der Waals surface area (Å²) in [6.07, 6.45) is 3.61. The van der Waals surface area contributed by atoms with Crippen molar-refractivity contribution in [1.82, 2.24) is 4.72 Å². The van der Waals surface area contributed by atoms with Gasteiger partial charge in [-0.2, -0.15) is 0 Å². The lowest BCUT2D eigenvalue weighted by Gasteiger charge is -2.29. The lowest BCUT2D eigenvalue weighted by molar-refractivity contribution is 0.101. The third kappa shape index (κ3) is 3.45. The van der Waals surface area contributed by atoms with E-state index in [-0.39, 0.29) is 22.8 Å². The number of carbonyl (C=O) groups excluding carboxylic acids is 1. The van der Waals surface area contributed by atoms with Crippen LogP contribution in [-0.2, 0) is 10.0 Å². The van der Waals surface area contributed by atoms with E-state index in [2.05, 4.69) is 4.72 Å². The molecule has 1 fully saturated rings. The second kappa shape index (κ2) is 6.03. The predicted octanol–water partition coefficient (Wildman–Crippen LogP) is 1.44. The third-order valence-corrected chi connectivity index (χ3v) is 5.16. The molecule has 1 saturated carbocycles. The van der Waals surface area contributed by atoms with E-state index in [1.54, 1.807) is 12.1 Å². The molecule has 0 heterocycles. The van der Waals surface area contributed by atoms with Crippen molar-refractivity contribution in [2.45, 2.75) is 49.6 Å². The highest BCUT2D eigenvalue weighted by molar-refractivity contribution is 7.89. The van der Waals surface area contributed by atoms with Gasteiger partial charge in [0.15, 0.2) is 5.78 Å². The molecule has 0 spiro atoms. The van der Waals surface area contributed by atoms with Gasteiger partial charge in [-0.1, -0.05) is 25.0 Å². The predicted molar refractivity (Wildman–Crippen MR) is 77.0 cm³/mol. The molecule has 0 bridgehead atoms. The molecular formula is C14H20N2O3S. The summed E-state index contributed by atoms with van der Waals surface area (Å²) in [6, 6.07) is 5.70. The number of hydrogen-bond donors (Lipinski definition) is 2. The zero-order valence-electron chi connectivity index (χ0n) is 11.5. The van der Waals surface area contributed by atoms with Crippen molar-refractivity contribution in [3.05, 3.63) is 29.8 Å². The largest absolute Gasteiger partial charge is 0.326 e. The molecule has 0 aromatic heterocycles. The fourth-order valence-corrected chi connectivity index (χ4v) is 3.82. The average Bonchev–Trinajstić information content (AvgIpc) is 2.41. The van der Waals surface area contributed by atoms with Crippen LogP contribution in [0.4, 0.5) is 0 Å². The van der Waals surface area contributed by atoms with Gasteiger partial charge in [-0.05, 0) is 31.9 Å². The first-order chi connectivity index (χ1) is 9.40. The van der Waals surface area contributed by atoms with E-state index < -0.39 is 10.0 Å². The van der Waals surface area contributed by atoms with Gasteiger partial charge in [0.2, 0.25) is 10.0 Å². The lowest BCUT2D eigenvalue weighted by Crippen LogP contribution is -2.49. The summed E-state index contributed by atoms with van der Waals surface area (Å²) < 4.78 is 27.3. The van der Waals surface area contributed by atoms with Crippen LogP contribution in [-0.4, -0.2) is 26.3 Å². The van der Waals surface area contributed by atoms with Crippen molar-refractivity contribution in [3.8, 4) is 0 Å². The number of nitrogens with one attached hydrogen (secondary N) is 1. The molecule has 20 heavy (non-hydrogen) atoms. The zero-order chi connectivity index (χ0) is 14.8. The van der Waals surface area contributed by atoms with Crippen LogP contribution in [0.15, 0.2) is 29.2 Å². The van der Waals surface area contributed by atoms with Crippen LogP contribution in [0, 0.1) is 0 Å². The fourth-order valence-electron chi connectivity index (χ4n) is 2.46. The van der Waals surface area contributed by atoms with E-state index in [9.17, 15) is 13.2 Å². The van der Waals surface area contributed by atoms with Crippen LogP contribution >= 0.6 is 0 Å². The molecule has 2 atom stereocenters. The fraction of sp³-hybridized carbons (Fsp3) is 0.500. The highest BCUT2D eigenvalue weighted by Crippen LogP contribution is 2.20. The molecule has 0 amide bonds. The summed E-state index contributed by atoms with van der Waals surface area (Å²) in [5.74, 6) is -0.156. The van der Waals surface area contributed by atoms with Gasteiger partial charge in [-0.15, -0.1) is 0 Å². The van der Waals surface area contributed by atoms with Gasteiger partial charge in [0.1, 0.15) is 0 Å². The number of nitrogens with two attached hydrogens (primary N) is 1. The number of hydrogen-bond acceptors (Lipinski definition) is 4. The summed E-state index contributed by atoms with van der Waals surface area (Å²) in [7, 11) is -3.63. The Bertz CT molecular complexity index is 598. The van der Waals surface area contributed by atoms with Crippen molar-refractivity contribution >= 4 is 15.8 Å². The van der Waals surface area contributed by atoms with Gasteiger partial charge in [0, 0.05) is 17.6 Å². The molecule has 0 saturated heterocycles. The molecule has 0 radical (unpaired) electrons. The molecule has 5 nitrogen and oxygen atoms in total. The third-order valence-electron chi connectivity index (χ3n) is 3.68. The van der Waals surface area contributed by atoms with Crippen molar-refractivity contribution in [3.63, 3.8) is 0 Å². The Hall–Kier alpha value is -1.24. The first-order valence-electron chi connectivity index (χ1n) is 6.79. The van der Waals surface area contributed by atoms with Crippen LogP contribution in [0.25, 0.3) is 0 Å². The number of sulfonamides is 1. The summed E-state index contributed by atoms with van der Waals surface area (Å²) in [5, 5.41) is 0. The lowest BCUT2D eigenvalue weighted by atomic mass is 9.92. The highest BCUT2D eigenvalue weighted by Gasteiger charge is 2.27. The van der Waals surface area contributed by atoms with E-state index >= 15 is 0 Å². The molecule has 110 valence electrons. The molecular weight excluding hydrogens is 276 g/mol. The normalized spacial score (nSPS) is 23.5. The van der Waals surface area contributed by atoms with Crippen molar-refractivity contribution in [2.24, 2.45) is 5.73 Å². The maximum Gasteiger partial charge on any atom is 0.240 e. The number of carbonyl (C=O) groups is 1. The van der Waals surface area contributed by atoms with Gasteiger partial charge < -0.3 is 5.73 Å². The zero-order valence-corrected chi connectivity index (χ0v) is 12.3. The minimum Gasteiger partial charge on any atom is -0.326 e. The standard InChI is InChI=1S/C14H20N2O3S/c1-10(17)11-5-4-6-12(9-11)20(18,19)16-14-8-3-2-7-13(14)15/h4-6,9,13-14,16H,2-3,7-8,15H2,1H3/t13-,14-/m1/s1. The number of rotatable bonds is 4. The summed E-state index contributed by atoms with van der Waals surface area (Å²) in [4.78, 5) is 11.4. The molecule has 1 aliphatic rings. The first-order valence-corrected chi connectivity index (χ1v) is 8.27. The monoisotopic (exact) mass is 296 g/mol. The van der Waals surface area contributed by atoms with Gasteiger partial charge in [0.25, 0.3) is 0 Å². The Morgan fingerprint density at radius 1 is 1.30 bits per heavy atom. The van der Waals surface area contributed by atoms with Crippen molar-refractivity contribution in [2.75, 3.05) is 0 Å². The maximum absolute atomic E-state index is 12.3. The van der Waals surface area contributed by atoms with E-state index in [0.717, 1.165) is 25.7 Å². The second-order valence-corrected chi connectivity index (χ2v) is 6.97. The van der Waals surface area contributed by atoms with Crippen molar-refractivity contribution < 1.29 is 13.2 Å². The van der Waals surface area contributed by atoms with E-state index in [0.29, 0.717) is 5.56 Å². The molecule has 2 rings (SSSR count). The van der Waals surface area contributed by atoms with Crippen LogP contribution in [0.2, 0.25) is 0 Å². The number of Topliss-reactive ketones (excluding diaryl/α,β-unsaturated/α-hetero) is 1. The average molecular weight is 296 g/mol. The Morgan fingerprint density at radius 3 is 2.65 bits per heavy atom. The van der Waals surface area contributed by atoms with E-state index in [4.69, 9.17) is 5.73 Å². The quantitative estimate of drug-likeness (QED) is 0.823. The molecule has 1 aromatic carbocycles. The Labute approximate surface area is 119 Å². The summed E-state index contributed by atoms with van der Waals surface area (Å²) in [5.41, 5.74) is 6.35. The first kappa shape index (κ1) is 15.2. The molecule has 1 aromatic rings. The van der Waals surface area contributed by atoms with Crippen LogP contribution in [0.3, 0.4) is 0 Å². The maximum atomic E-state index is 12.3. The van der Waals surface area contributed by atoms with Gasteiger partial charge in [0.05, 0.1) is 4.90 Å². The Balaban J connectivity index is 2.21. The molecule has 6 heteroatoms. The SMILES string of the molecule is CC(=O)c1cccc(S(=O)(=O)N[C@@H]2CCCC[C@H]2N)c1. The molecule has 0 aliphatic heterocycles. The minimum absolute atomic E-state index is 0.114. The Kier molecular flexibility index (Phi) is 4.57. The number of benzene rings is 1. The smallest absolute Gasteiger partial charge is 0.240 e. The molecule has 3 N–H and O–H groups in total. The minimum atomic E-state index is -3.63. The second-order valence-electron chi connectivity index (χ2n) is 5.26. The van der Waals surface area contributed by atoms with Gasteiger partial charge in [-0.25, -0.2) is 13.1 Å². The van der Waals surface area contributed by atoms with Crippen LogP contribution in [0.5, 0.6) is 0 Å². The van der Waals surface area contributed by atoms with Crippen molar-refractivity contribution in [1.29, 1.82) is 0 Å². The van der Waals surface area contributed by atoms with Crippen LogP contribution < -0.4 is 10.5 Å². The van der Waals surface area contributed by atoms with E-state index in [1.807, 2.05) is 0 Å². The van der Waals surface area contributed by atoms with Gasteiger partial charge in [-0.3, -0.25) is 4.79 Å². The van der Waals surface area contributed by atoms with Gasteiger partial charge >= 0.3 is 0 Å². The molecule has 1 aliphatic carbocycles. The number of ketones is 1. The topological polar surface area (TPSA) is 89.3 Å². The Morgan fingerprint density at radius 2 is 2.00 bits per heavy atom. The summed E-state index contributed by atoms with van der Waals surface area (Å²) in [6.45, 7) is 1.41. The highest BCUT2D eigenvalue weighted by atomic mass is 32.2. The summed E-state index contributed by atoms with van der Waals surface area (Å²) >= 11 is 0.